The maximum absolute atomic E-state index is 13.1. The molecule has 1 heterocycles. The van der Waals surface area contributed by atoms with Gasteiger partial charge >= 0.3 is 0 Å². The Hall–Kier alpha value is -0.0600. The molecule has 0 amide bonds. The van der Waals surface area contributed by atoms with Crippen molar-refractivity contribution in [3.8, 4) is 0 Å². The van der Waals surface area contributed by atoms with E-state index in [-0.39, 0.29) is 5.82 Å². The molecule has 0 spiro atoms. The van der Waals surface area contributed by atoms with E-state index in [4.69, 9.17) is 0 Å². The fraction of sp³-hybridized carbons (Fsp3) is 0.538. The van der Waals surface area contributed by atoms with Gasteiger partial charge in [0.15, 0.2) is 0 Å². The van der Waals surface area contributed by atoms with Crippen LogP contribution in [0, 0.1) is 5.82 Å². The average Bonchev–Trinajstić information content (AvgIpc) is 2.71. The summed E-state index contributed by atoms with van der Waals surface area (Å²) in [7, 11) is 0. The number of benzene rings is 1. The molecule has 1 N–H and O–H groups in total. The summed E-state index contributed by atoms with van der Waals surface area (Å²) in [4.78, 5) is 0. The van der Waals surface area contributed by atoms with Crippen molar-refractivity contribution >= 4 is 27.7 Å². The first-order valence-corrected chi connectivity index (χ1v) is 7.66. The van der Waals surface area contributed by atoms with Crippen molar-refractivity contribution in [2.24, 2.45) is 0 Å². The lowest BCUT2D eigenvalue weighted by molar-refractivity contribution is 0.536. The van der Waals surface area contributed by atoms with Crippen LogP contribution in [0.2, 0.25) is 0 Å². The van der Waals surface area contributed by atoms with E-state index in [0.29, 0.717) is 9.22 Å². The molecule has 0 bridgehead atoms. The van der Waals surface area contributed by atoms with Crippen molar-refractivity contribution in [3.05, 3.63) is 34.1 Å². The SMILES string of the molecule is CC1(CNCc2ccc(F)c(Br)c2)CCCS1. The Kier molecular flexibility index (Phi) is 4.50. The van der Waals surface area contributed by atoms with Crippen LogP contribution in [0.5, 0.6) is 0 Å². The Morgan fingerprint density at radius 1 is 1.53 bits per heavy atom. The van der Waals surface area contributed by atoms with E-state index in [0.717, 1.165) is 18.7 Å². The minimum atomic E-state index is -0.202. The lowest BCUT2D eigenvalue weighted by atomic mass is 10.1. The van der Waals surface area contributed by atoms with E-state index in [1.807, 2.05) is 12.1 Å². The summed E-state index contributed by atoms with van der Waals surface area (Å²) in [6.45, 7) is 4.14. The summed E-state index contributed by atoms with van der Waals surface area (Å²) in [5.74, 6) is 1.08. The highest BCUT2D eigenvalue weighted by Crippen LogP contribution is 2.36. The number of nitrogens with one attached hydrogen (secondary N) is 1. The lowest BCUT2D eigenvalue weighted by Crippen LogP contribution is -2.32. The molecule has 94 valence electrons. The topological polar surface area (TPSA) is 12.0 Å². The third-order valence-electron chi connectivity index (χ3n) is 3.11. The van der Waals surface area contributed by atoms with Crippen molar-refractivity contribution in [1.29, 1.82) is 0 Å². The van der Waals surface area contributed by atoms with Crippen molar-refractivity contribution in [1.82, 2.24) is 5.32 Å². The van der Waals surface area contributed by atoms with Gasteiger partial charge in [-0.2, -0.15) is 11.8 Å². The number of rotatable bonds is 4. The summed E-state index contributed by atoms with van der Waals surface area (Å²) in [6, 6.07) is 5.18. The van der Waals surface area contributed by atoms with Crippen molar-refractivity contribution in [2.75, 3.05) is 12.3 Å². The number of halogens is 2. The normalized spacial score (nSPS) is 24.2. The van der Waals surface area contributed by atoms with Gasteiger partial charge in [0.1, 0.15) is 5.82 Å². The molecule has 1 nitrogen and oxygen atoms in total. The van der Waals surface area contributed by atoms with Crippen molar-refractivity contribution in [3.63, 3.8) is 0 Å². The second-order valence-electron chi connectivity index (χ2n) is 4.75. The third-order valence-corrected chi connectivity index (χ3v) is 5.26. The van der Waals surface area contributed by atoms with Gasteiger partial charge in [-0.25, -0.2) is 4.39 Å². The smallest absolute Gasteiger partial charge is 0.137 e. The molecule has 0 saturated carbocycles. The van der Waals surface area contributed by atoms with Crippen LogP contribution in [0.15, 0.2) is 22.7 Å². The molecule has 1 atom stereocenters. The molecular weight excluding hydrogens is 301 g/mol. The van der Waals surface area contributed by atoms with Gasteiger partial charge in [0.2, 0.25) is 0 Å². The molecule has 0 aromatic heterocycles. The molecule has 1 fully saturated rings. The molecule has 0 radical (unpaired) electrons. The fourth-order valence-electron chi connectivity index (χ4n) is 2.10. The van der Waals surface area contributed by atoms with Crippen LogP contribution >= 0.6 is 27.7 Å². The van der Waals surface area contributed by atoms with Crippen LogP contribution in [-0.2, 0) is 6.54 Å². The van der Waals surface area contributed by atoms with Crippen LogP contribution in [0.1, 0.15) is 25.3 Å². The first kappa shape index (κ1) is 13.4. The van der Waals surface area contributed by atoms with Gasteiger partial charge in [0.25, 0.3) is 0 Å². The molecule has 4 heteroatoms. The number of thioether (sulfide) groups is 1. The van der Waals surface area contributed by atoms with E-state index < -0.39 is 0 Å². The zero-order chi connectivity index (χ0) is 12.3. The van der Waals surface area contributed by atoms with Crippen LogP contribution in [0.25, 0.3) is 0 Å². The maximum atomic E-state index is 13.1. The summed E-state index contributed by atoms with van der Waals surface area (Å²) in [5, 5.41) is 3.47. The van der Waals surface area contributed by atoms with Gasteiger partial charge in [-0.3, -0.25) is 0 Å². The summed E-state index contributed by atoms with van der Waals surface area (Å²) < 4.78 is 14.0. The van der Waals surface area contributed by atoms with E-state index in [2.05, 4.69) is 39.9 Å². The van der Waals surface area contributed by atoms with Gasteiger partial charge in [-0.1, -0.05) is 6.07 Å². The molecule has 1 aliphatic rings. The van der Waals surface area contributed by atoms with Crippen LogP contribution in [0.3, 0.4) is 0 Å². The monoisotopic (exact) mass is 317 g/mol. The minimum absolute atomic E-state index is 0.202. The highest BCUT2D eigenvalue weighted by molar-refractivity contribution is 9.10. The van der Waals surface area contributed by atoms with E-state index in [1.165, 1.54) is 24.7 Å². The second-order valence-corrected chi connectivity index (χ2v) is 7.29. The van der Waals surface area contributed by atoms with Crippen LogP contribution in [-0.4, -0.2) is 17.0 Å². The second kappa shape index (κ2) is 5.72. The highest BCUT2D eigenvalue weighted by Gasteiger charge is 2.28. The van der Waals surface area contributed by atoms with Gasteiger partial charge < -0.3 is 5.32 Å². The molecule has 1 unspecified atom stereocenters. The fourth-order valence-corrected chi connectivity index (χ4v) is 3.80. The van der Waals surface area contributed by atoms with Gasteiger partial charge in [0.05, 0.1) is 4.47 Å². The Labute approximate surface area is 115 Å². The van der Waals surface area contributed by atoms with Crippen molar-refractivity contribution < 1.29 is 4.39 Å². The molecule has 1 aliphatic heterocycles. The molecule has 1 aromatic carbocycles. The predicted octanol–water partition coefficient (Wildman–Crippen LogP) is 3.96. The minimum Gasteiger partial charge on any atom is -0.311 e. The molecule has 17 heavy (non-hydrogen) atoms. The molecule has 2 rings (SSSR count). The zero-order valence-corrected chi connectivity index (χ0v) is 12.3. The Morgan fingerprint density at radius 2 is 2.35 bits per heavy atom. The van der Waals surface area contributed by atoms with Crippen LogP contribution in [0.4, 0.5) is 4.39 Å². The Bertz CT molecular complexity index is 391. The molecule has 1 aromatic rings. The maximum Gasteiger partial charge on any atom is 0.137 e. The summed E-state index contributed by atoms with van der Waals surface area (Å²) in [5.41, 5.74) is 1.12. The quantitative estimate of drug-likeness (QED) is 0.902. The molecule has 0 aliphatic carbocycles. The summed E-state index contributed by atoms with van der Waals surface area (Å²) >= 11 is 5.26. The lowest BCUT2D eigenvalue weighted by Gasteiger charge is -2.23. The third kappa shape index (κ3) is 3.70. The first-order chi connectivity index (χ1) is 8.09. The van der Waals surface area contributed by atoms with E-state index in [9.17, 15) is 4.39 Å². The highest BCUT2D eigenvalue weighted by atomic mass is 79.9. The predicted molar refractivity (Wildman–Crippen MR) is 75.9 cm³/mol. The van der Waals surface area contributed by atoms with Crippen molar-refractivity contribution in [2.45, 2.75) is 31.1 Å². The van der Waals surface area contributed by atoms with Crippen LogP contribution < -0.4 is 5.32 Å². The van der Waals surface area contributed by atoms with E-state index >= 15 is 0 Å². The standard InChI is InChI=1S/C13H17BrFNS/c1-13(5-2-6-17-13)9-16-8-10-3-4-12(15)11(14)7-10/h3-4,7,16H,2,5-6,8-9H2,1H3. The van der Waals surface area contributed by atoms with Gasteiger partial charge in [-0.05, 0) is 59.1 Å². The summed E-state index contributed by atoms with van der Waals surface area (Å²) in [6.07, 6.45) is 2.61. The average molecular weight is 318 g/mol. The first-order valence-electron chi connectivity index (χ1n) is 5.88. The Balaban J connectivity index is 1.83. The molecule has 1 saturated heterocycles. The molecular formula is C13H17BrFNS. The Morgan fingerprint density at radius 3 is 3.00 bits per heavy atom. The van der Waals surface area contributed by atoms with Gasteiger partial charge in [0, 0.05) is 17.8 Å². The number of hydrogen-bond donors (Lipinski definition) is 1. The van der Waals surface area contributed by atoms with Gasteiger partial charge in [-0.15, -0.1) is 0 Å². The van der Waals surface area contributed by atoms with E-state index in [1.54, 1.807) is 0 Å². The zero-order valence-electron chi connectivity index (χ0n) is 9.93. The number of hydrogen-bond acceptors (Lipinski definition) is 2. The largest absolute Gasteiger partial charge is 0.311 e.